The lowest BCUT2D eigenvalue weighted by molar-refractivity contribution is -0.130. The highest BCUT2D eigenvalue weighted by molar-refractivity contribution is 5.78. The smallest absolute Gasteiger partial charge is 0.236 e. The van der Waals surface area contributed by atoms with E-state index in [0.717, 1.165) is 6.54 Å². The summed E-state index contributed by atoms with van der Waals surface area (Å²) in [6, 6.07) is 0.938. The Morgan fingerprint density at radius 2 is 2.15 bits per heavy atom. The van der Waals surface area contributed by atoms with Crippen LogP contribution in [-0.4, -0.2) is 36.0 Å². The standard InChI is InChI=1S/C10H20N2O/c1-4-12(9-5-6-9)10(13)7-11-8(2)3/h8-9,11H,4-7H2,1-3H3. The molecular formula is C10H20N2O. The summed E-state index contributed by atoms with van der Waals surface area (Å²) >= 11 is 0. The van der Waals surface area contributed by atoms with Gasteiger partial charge in [-0.25, -0.2) is 0 Å². The molecule has 0 radical (unpaired) electrons. The van der Waals surface area contributed by atoms with Crippen LogP contribution in [0.3, 0.4) is 0 Å². The predicted octanol–water partition coefficient (Wildman–Crippen LogP) is 0.995. The Morgan fingerprint density at radius 3 is 2.54 bits per heavy atom. The molecule has 3 nitrogen and oxygen atoms in total. The van der Waals surface area contributed by atoms with Gasteiger partial charge in [0, 0.05) is 18.6 Å². The van der Waals surface area contributed by atoms with E-state index in [-0.39, 0.29) is 5.91 Å². The molecule has 0 aromatic carbocycles. The van der Waals surface area contributed by atoms with Gasteiger partial charge in [-0.15, -0.1) is 0 Å². The Labute approximate surface area is 80.5 Å². The van der Waals surface area contributed by atoms with Gasteiger partial charge in [0.2, 0.25) is 5.91 Å². The molecule has 0 aromatic heterocycles. The fraction of sp³-hybridized carbons (Fsp3) is 0.900. The second-order valence-electron chi connectivity index (χ2n) is 3.95. The maximum absolute atomic E-state index is 11.6. The van der Waals surface area contributed by atoms with Crippen LogP contribution >= 0.6 is 0 Å². The van der Waals surface area contributed by atoms with Gasteiger partial charge in [-0.2, -0.15) is 0 Å². The van der Waals surface area contributed by atoms with Crippen LogP contribution in [0.25, 0.3) is 0 Å². The Kier molecular flexibility index (Phi) is 3.72. The third-order valence-corrected chi connectivity index (χ3v) is 2.31. The van der Waals surface area contributed by atoms with E-state index in [1.165, 1.54) is 12.8 Å². The SMILES string of the molecule is CCN(C(=O)CNC(C)C)C1CC1. The average molecular weight is 184 g/mol. The van der Waals surface area contributed by atoms with Crippen molar-refractivity contribution in [3.63, 3.8) is 0 Å². The summed E-state index contributed by atoms with van der Waals surface area (Å²) in [4.78, 5) is 13.6. The number of nitrogens with one attached hydrogen (secondary N) is 1. The molecule has 1 amide bonds. The van der Waals surface area contributed by atoms with Gasteiger partial charge >= 0.3 is 0 Å². The van der Waals surface area contributed by atoms with Crippen molar-refractivity contribution in [2.24, 2.45) is 0 Å². The van der Waals surface area contributed by atoms with Crippen LogP contribution in [0.5, 0.6) is 0 Å². The van der Waals surface area contributed by atoms with E-state index in [2.05, 4.69) is 19.2 Å². The van der Waals surface area contributed by atoms with Crippen molar-refractivity contribution in [3.8, 4) is 0 Å². The summed E-state index contributed by atoms with van der Waals surface area (Å²) in [5.41, 5.74) is 0. The van der Waals surface area contributed by atoms with E-state index >= 15 is 0 Å². The summed E-state index contributed by atoms with van der Waals surface area (Å²) in [5.74, 6) is 0.249. The van der Waals surface area contributed by atoms with Crippen molar-refractivity contribution in [3.05, 3.63) is 0 Å². The molecule has 0 bridgehead atoms. The number of carbonyl (C=O) groups excluding carboxylic acids is 1. The van der Waals surface area contributed by atoms with E-state index in [1.807, 2.05) is 11.8 Å². The number of hydrogen-bond acceptors (Lipinski definition) is 2. The molecule has 1 fully saturated rings. The van der Waals surface area contributed by atoms with Gasteiger partial charge in [0.15, 0.2) is 0 Å². The summed E-state index contributed by atoms with van der Waals surface area (Å²) in [7, 11) is 0. The summed E-state index contributed by atoms with van der Waals surface area (Å²) in [5, 5.41) is 3.15. The summed E-state index contributed by atoms with van der Waals surface area (Å²) < 4.78 is 0. The lowest BCUT2D eigenvalue weighted by Gasteiger charge is -2.21. The third-order valence-electron chi connectivity index (χ3n) is 2.31. The van der Waals surface area contributed by atoms with Gasteiger partial charge in [-0.3, -0.25) is 4.79 Å². The van der Waals surface area contributed by atoms with Crippen LogP contribution in [-0.2, 0) is 4.79 Å². The lowest BCUT2D eigenvalue weighted by atomic mass is 10.3. The van der Waals surface area contributed by atoms with Crippen molar-refractivity contribution < 1.29 is 4.79 Å². The number of likely N-dealkylation sites (N-methyl/N-ethyl adjacent to an activating group) is 1. The van der Waals surface area contributed by atoms with Crippen LogP contribution < -0.4 is 5.32 Å². The zero-order chi connectivity index (χ0) is 9.84. The molecule has 3 heteroatoms. The molecule has 0 aliphatic heterocycles. The van der Waals surface area contributed by atoms with E-state index < -0.39 is 0 Å². The molecule has 1 N–H and O–H groups in total. The number of carbonyl (C=O) groups is 1. The molecule has 0 unspecified atom stereocenters. The molecule has 1 aliphatic rings. The fourth-order valence-electron chi connectivity index (χ4n) is 1.42. The highest BCUT2D eigenvalue weighted by Crippen LogP contribution is 2.26. The van der Waals surface area contributed by atoms with Gasteiger partial charge in [0.05, 0.1) is 6.54 Å². The van der Waals surface area contributed by atoms with Gasteiger partial charge in [-0.05, 0) is 19.8 Å². The van der Waals surface area contributed by atoms with Crippen LogP contribution in [0, 0.1) is 0 Å². The predicted molar refractivity (Wildman–Crippen MR) is 53.5 cm³/mol. The highest BCUT2D eigenvalue weighted by atomic mass is 16.2. The number of nitrogens with zero attached hydrogens (tertiary/aromatic N) is 1. The van der Waals surface area contributed by atoms with Crippen molar-refractivity contribution >= 4 is 5.91 Å². The monoisotopic (exact) mass is 184 g/mol. The third kappa shape index (κ3) is 3.35. The molecule has 0 spiro atoms. The largest absolute Gasteiger partial charge is 0.339 e. The first-order chi connectivity index (χ1) is 6.15. The first-order valence-corrected chi connectivity index (χ1v) is 5.18. The minimum absolute atomic E-state index is 0.249. The Bertz CT molecular complexity index is 176. The van der Waals surface area contributed by atoms with Crippen LogP contribution in [0.1, 0.15) is 33.6 Å². The Morgan fingerprint density at radius 1 is 1.54 bits per heavy atom. The van der Waals surface area contributed by atoms with Crippen LogP contribution in [0.4, 0.5) is 0 Å². The normalized spacial score (nSPS) is 16.3. The minimum Gasteiger partial charge on any atom is -0.339 e. The number of hydrogen-bond donors (Lipinski definition) is 1. The molecule has 0 heterocycles. The van der Waals surface area contributed by atoms with Crippen LogP contribution in [0.15, 0.2) is 0 Å². The Balaban J connectivity index is 2.27. The number of rotatable bonds is 5. The lowest BCUT2D eigenvalue weighted by Crippen LogP contribution is -2.41. The van der Waals surface area contributed by atoms with E-state index in [9.17, 15) is 4.79 Å². The van der Waals surface area contributed by atoms with Gasteiger partial charge in [0.1, 0.15) is 0 Å². The molecule has 13 heavy (non-hydrogen) atoms. The second kappa shape index (κ2) is 4.61. The van der Waals surface area contributed by atoms with E-state index in [4.69, 9.17) is 0 Å². The fourth-order valence-corrected chi connectivity index (χ4v) is 1.42. The molecule has 0 atom stereocenters. The highest BCUT2D eigenvalue weighted by Gasteiger charge is 2.30. The van der Waals surface area contributed by atoms with Crippen molar-refractivity contribution in [1.82, 2.24) is 10.2 Å². The molecule has 1 aliphatic carbocycles. The van der Waals surface area contributed by atoms with Gasteiger partial charge in [-0.1, -0.05) is 13.8 Å². The second-order valence-corrected chi connectivity index (χ2v) is 3.95. The quantitative estimate of drug-likeness (QED) is 0.691. The number of amides is 1. The van der Waals surface area contributed by atoms with E-state index in [0.29, 0.717) is 18.6 Å². The summed E-state index contributed by atoms with van der Waals surface area (Å²) in [6.07, 6.45) is 2.39. The van der Waals surface area contributed by atoms with Crippen molar-refractivity contribution in [2.75, 3.05) is 13.1 Å². The van der Waals surface area contributed by atoms with Crippen LogP contribution in [0.2, 0.25) is 0 Å². The molecule has 1 rings (SSSR count). The molecule has 0 aromatic rings. The van der Waals surface area contributed by atoms with E-state index in [1.54, 1.807) is 0 Å². The minimum atomic E-state index is 0.249. The molecule has 76 valence electrons. The van der Waals surface area contributed by atoms with Crippen molar-refractivity contribution in [2.45, 2.75) is 45.7 Å². The first kappa shape index (κ1) is 10.5. The average Bonchev–Trinajstić information content (AvgIpc) is 2.86. The topological polar surface area (TPSA) is 32.3 Å². The summed E-state index contributed by atoms with van der Waals surface area (Å²) in [6.45, 7) is 7.50. The first-order valence-electron chi connectivity index (χ1n) is 5.18. The molecular weight excluding hydrogens is 164 g/mol. The zero-order valence-corrected chi connectivity index (χ0v) is 8.84. The van der Waals surface area contributed by atoms with Gasteiger partial charge < -0.3 is 10.2 Å². The van der Waals surface area contributed by atoms with Gasteiger partial charge in [0.25, 0.3) is 0 Å². The Hall–Kier alpha value is -0.570. The van der Waals surface area contributed by atoms with Crippen molar-refractivity contribution in [1.29, 1.82) is 0 Å². The molecule has 0 saturated heterocycles. The zero-order valence-electron chi connectivity index (χ0n) is 8.84. The molecule has 1 saturated carbocycles. The maximum atomic E-state index is 11.6. The maximum Gasteiger partial charge on any atom is 0.236 e.